The average Bonchev–Trinajstić information content (AvgIpc) is 3.35. The van der Waals surface area contributed by atoms with Crippen molar-refractivity contribution in [3.8, 4) is 28.8 Å². The SMILES string of the molecule is Cc1ccc(OC2CCN(c3ccc(-c4cc(OCC(C)(C)O)c(F)n5ncc(C#N)c45)cn3)CC2)nn1. The highest BCUT2D eigenvalue weighted by Gasteiger charge is 2.24. The van der Waals surface area contributed by atoms with Crippen LogP contribution in [0.2, 0.25) is 0 Å². The van der Waals surface area contributed by atoms with Crippen LogP contribution in [0.1, 0.15) is 37.9 Å². The molecule has 0 spiro atoms. The molecule has 0 amide bonds. The zero-order valence-electron chi connectivity index (χ0n) is 21.4. The van der Waals surface area contributed by atoms with Gasteiger partial charge < -0.3 is 19.5 Å². The molecule has 196 valence electrons. The van der Waals surface area contributed by atoms with Crippen LogP contribution in [0.5, 0.6) is 11.6 Å². The predicted molar refractivity (Wildman–Crippen MR) is 138 cm³/mol. The molecule has 0 bridgehead atoms. The lowest BCUT2D eigenvalue weighted by Crippen LogP contribution is -2.38. The number of ether oxygens (including phenoxy) is 2. The number of aryl methyl sites for hydroxylation is 1. The Labute approximate surface area is 219 Å². The Hall–Kier alpha value is -4.30. The van der Waals surface area contributed by atoms with Crippen molar-refractivity contribution in [3.05, 3.63) is 59.9 Å². The van der Waals surface area contributed by atoms with Crippen molar-refractivity contribution in [2.45, 2.75) is 45.3 Å². The third kappa shape index (κ3) is 5.35. The fraction of sp³-hybridized carbons (Fsp3) is 0.370. The van der Waals surface area contributed by atoms with Crippen molar-refractivity contribution < 1.29 is 19.0 Å². The van der Waals surface area contributed by atoms with Gasteiger partial charge in [-0.05, 0) is 45.0 Å². The van der Waals surface area contributed by atoms with Crippen LogP contribution in [-0.4, -0.2) is 61.3 Å². The summed E-state index contributed by atoms with van der Waals surface area (Å²) >= 11 is 0. The summed E-state index contributed by atoms with van der Waals surface area (Å²) in [5.74, 6) is 0.519. The first kappa shape index (κ1) is 25.4. The lowest BCUT2D eigenvalue weighted by molar-refractivity contribution is 0.0267. The molecule has 5 rings (SSSR count). The summed E-state index contributed by atoms with van der Waals surface area (Å²) in [6, 6.07) is 11.1. The summed E-state index contributed by atoms with van der Waals surface area (Å²) in [4.78, 5) is 6.84. The van der Waals surface area contributed by atoms with E-state index in [1.54, 1.807) is 20.0 Å². The van der Waals surface area contributed by atoms with Crippen LogP contribution in [0.3, 0.4) is 0 Å². The van der Waals surface area contributed by atoms with Crippen LogP contribution in [0.4, 0.5) is 10.2 Å². The molecule has 1 aliphatic rings. The fourth-order valence-corrected chi connectivity index (χ4v) is 4.33. The molecule has 10 nitrogen and oxygen atoms in total. The molecule has 4 aromatic rings. The number of piperidine rings is 1. The maximum absolute atomic E-state index is 15.1. The van der Waals surface area contributed by atoms with Crippen molar-refractivity contribution in [2.75, 3.05) is 24.6 Å². The minimum atomic E-state index is -1.15. The lowest BCUT2D eigenvalue weighted by atomic mass is 10.0. The summed E-state index contributed by atoms with van der Waals surface area (Å²) in [5.41, 5.74) is 1.48. The van der Waals surface area contributed by atoms with E-state index in [1.165, 1.54) is 12.3 Å². The van der Waals surface area contributed by atoms with Gasteiger partial charge in [-0.3, -0.25) is 0 Å². The Balaban J connectivity index is 1.35. The van der Waals surface area contributed by atoms with Gasteiger partial charge in [0.2, 0.25) is 5.88 Å². The molecule has 0 atom stereocenters. The predicted octanol–water partition coefficient (Wildman–Crippen LogP) is 3.70. The lowest BCUT2D eigenvalue weighted by Gasteiger charge is -2.32. The van der Waals surface area contributed by atoms with Crippen molar-refractivity contribution in [1.82, 2.24) is 24.8 Å². The highest BCUT2D eigenvalue weighted by Crippen LogP contribution is 2.34. The van der Waals surface area contributed by atoms with Gasteiger partial charge in [-0.15, -0.1) is 5.10 Å². The second-order valence-corrected chi connectivity index (χ2v) is 9.97. The number of nitriles is 1. The van der Waals surface area contributed by atoms with Gasteiger partial charge in [-0.1, -0.05) is 0 Å². The molecular weight excluding hydrogens is 489 g/mol. The monoisotopic (exact) mass is 517 g/mol. The van der Waals surface area contributed by atoms with Crippen molar-refractivity contribution in [3.63, 3.8) is 0 Å². The topological polar surface area (TPSA) is 122 Å². The molecule has 5 heterocycles. The first-order valence-corrected chi connectivity index (χ1v) is 12.4. The smallest absolute Gasteiger partial charge is 0.257 e. The van der Waals surface area contributed by atoms with Crippen LogP contribution in [0.15, 0.2) is 42.7 Å². The molecule has 38 heavy (non-hydrogen) atoms. The van der Waals surface area contributed by atoms with E-state index in [2.05, 4.69) is 31.2 Å². The third-order valence-electron chi connectivity index (χ3n) is 6.28. The first-order chi connectivity index (χ1) is 18.2. The van der Waals surface area contributed by atoms with Crippen LogP contribution in [0.25, 0.3) is 16.6 Å². The van der Waals surface area contributed by atoms with Gasteiger partial charge in [-0.2, -0.15) is 19.8 Å². The molecule has 0 aliphatic carbocycles. The van der Waals surface area contributed by atoms with Gasteiger partial charge >= 0.3 is 0 Å². The van der Waals surface area contributed by atoms with E-state index in [0.29, 0.717) is 22.5 Å². The minimum absolute atomic E-state index is 0.0589. The molecule has 1 fully saturated rings. The molecule has 0 radical (unpaired) electrons. The fourth-order valence-electron chi connectivity index (χ4n) is 4.33. The summed E-state index contributed by atoms with van der Waals surface area (Å²) in [5, 5.41) is 31.8. The zero-order valence-corrected chi connectivity index (χ0v) is 21.4. The molecule has 1 saturated heterocycles. The van der Waals surface area contributed by atoms with E-state index in [0.717, 1.165) is 42.0 Å². The number of fused-ring (bicyclic) bond motifs is 1. The Kier molecular flexibility index (Phi) is 6.82. The molecule has 1 N–H and O–H groups in total. The number of aliphatic hydroxyl groups is 1. The van der Waals surface area contributed by atoms with E-state index in [9.17, 15) is 10.4 Å². The maximum atomic E-state index is 15.1. The van der Waals surface area contributed by atoms with Crippen LogP contribution in [-0.2, 0) is 0 Å². The number of hydrogen-bond donors (Lipinski definition) is 1. The molecule has 0 aromatic carbocycles. The van der Waals surface area contributed by atoms with Gasteiger partial charge in [0, 0.05) is 49.3 Å². The van der Waals surface area contributed by atoms with Crippen LogP contribution >= 0.6 is 0 Å². The van der Waals surface area contributed by atoms with E-state index < -0.39 is 11.5 Å². The van der Waals surface area contributed by atoms with Crippen molar-refractivity contribution >= 4 is 11.3 Å². The van der Waals surface area contributed by atoms with Gasteiger partial charge in [-0.25, -0.2) is 9.50 Å². The summed E-state index contributed by atoms with van der Waals surface area (Å²) in [6.07, 6.45) is 4.71. The van der Waals surface area contributed by atoms with E-state index in [4.69, 9.17) is 9.47 Å². The zero-order chi connectivity index (χ0) is 26.9. The quantitative estimate of drug-likeness (QED) is 0.366. The Morgan fingerprint density at radius 2 is 1.95 bits per heavy atom. The highest BCUT2D eigenvalue weighted by molar-refractivity contribution is 5.85. The van der Waals surface area contributed by atoms with Gasteiger partial charge in [0.05, 0.1) is 28.6 Å². The second kappa shape index (κ2) is 10.2. The Morgan fingerprint density at radius 1 is 1.16 bits per heavy atom. The van der Waals surface area contributed by atoms with Gasteiger partial charge in [0.1, 0.15) is 24.6 Å². The molecule has 1 aliphatic heterocycles. The summed E-state index contributed by atoms with van der Waals surface area (Å²) < 4.78 is 27.7. The molecule has 11 heteroatoms. The number of anilines is 1. The second-order valence-electron chi connectivity index (χ2n) is 9.97. The Bertz CT molecular complexity index is 1470. The van der Waals surface area contributed by atoms with E-state index in [-0.39, 0.29) is 24.0 Å². The minimum Gasteiger partial charge on any atom is -0.486 e. The average molecular weight is 518 g/mol. The highest BCUT2D eigenvalue weighted by atomic mass is 19.1. The summed E-state index contributed by atoms with van der Waals surface area (Å²) in [7, 11) is 0. The van der Waals surface area contributed by atoms with Crippen LogP contribution < -0.4 is 14.4 Å². The standard InChI is InChI=1S/C27H28FN7O3/c1-17-4-7-24(33-32-17)38-20-8-10-34(11-9-20)23-6-5-18(14-30-23)21-12-22(37-16-27(2,3)36)26(28)35-25(21)19(13-29)15-31-35/h4-7,12,14-15,20,36H,8-11,16H2,1-3H3. The number of halogens is 1. The van der Waals surface area contributed by atoms with Crippen molar-refractivity contribution in [1.29, 1.82) is 5.26 Å². The maximum Gasteiger partial charge on any atom is 0.257 e. The van der Waals surface area contributed by atoms with Gasteiger partial charge in [0.15, 0.2) is 5.75 Å². The number of nitrogens with zero attached hydrogens (tertiary/aromatic N) is 7. The van der Waals surface area contributed by atoms with Crippen LogP contribution in [0, 0.1) is 24.2 Å². The molecular formula is C27H28FN7O3. The molecule has 0 saturated carbocycles. The molecule has 0 unspecified atom stereocenters. The van der Waals surface area contributed by atoms with Crippen molar-refractivity contribution in [2.24, 2.45) is 0 Å². The summed E-state index contributed by atoms with van der Waals surface area (Å²) in [6.45, 7) is 6.45. The largest absolute Gasteiger partial charge is 0.486 e. The number of hydrogen-bond acceptors (Lipinski definition) is 9. The first-order valence-electron chi connectivity index (χ1n) is 12.4. The van der Waals surface area contributed by atoms with E-state index >= 15 is 4.39 Å². The van der Waals surface area contributed by atoms with Gasteiger partial charge in [0.25, 0.3) is 5.95 Å². The number of aromatic nitrogens is 5. The normalized spacial score (nSPS) is 14.5. The number of pyridine rings is 2. The Morgan fingerprint density at radius 3 is 2.58 bits per heavy atom. The molecule has 4 aromatic heterocycles. The van der Waals surface area contributed by atoms with E-state index in [1.807, 2.05) is 31.2 Å². The number of rotatable bonds is 7. The third-order valence-corrected chi connectivity index (χ3v) is 6.28.